The molecule has 0 unspecified atom stereocenters. The number of rotatable bonds is 5. The second-order valence-corrected chi connectivity index (χ2v) is 9.04. The average Bonchev–Trinajstić information content (AvgIpc) is 2.85. The lowest BCUT2D eigenvalue weighted by molar-refractivity contribution is -0.135. The predicted octanol–water partition coefficient (Wildman–Crippen LogP) is 2.93. The zero-order chi connectivity index (χ0) is 23.4. The number of fused-ring (bicyclic) bond motifs is 1. The Labute approximate surface area is 196 Å². The second-order valence-electron chi connectivity index (χ2n) is 7.89. The third-order valence-electron chi connectivity index (χ3n) is 5.67. The Morgan fingerprint density at radius 2 is 1.73 bits per heavy atom. The first-order chi connectivity index (χ1) is 16.0. The molecule has 33 heavy (non-hydrogen) atoms. The molecule has 2 aromatic carbocycles. The van der Waals surface area contributed by atoms with E-state index in [2.05, 4.69) is 10.1 Å². The van der Waals surface area contributed by atoms with Crippen LogP contribution in [0.2, 0.25) is 0 Å². The van der Waals surface area contributed by atoms with Gasteiger partial charge in [0.2, 0.25) is 11.8 Å². The van der Waals surface area contributed by atoms with Crippen molar-refractivity contribution in [2.75, 3.05) is 37.0 Å². The van der Waals surface area contributed by atoms with E-state index in [-0.39, 0.29) is 18.4 Å². The number of piperidine rings is 1. The van der Waals surface area contributed by atoms with E-state index in [1.165, 1.54) is 23.8 Å². The van der Waals surface area contributed by atoms with Gasteiger partial charge in [0, 0.05) is 23.7 Å². The monoisotopic (exact) mass is 467 g/mol. The Hall–Kier alpha value is -3.33. The molecule has 0 aliphatic carbocycles. The molecular weight excluding hydrogens is 442 g/mol. The van der Waals surface area contributed by atoms with Crippen molar-refractivity contribution in [3.05, 3.63) is 54.1 Å². The van der Waals surface area contributed by atoms with Gasteiger partial charge in [0.05, 0.1) is 18.4 Å². The second kappa shape index (κ2) is 10.1. The summed E-state index contributed by atoms with van der Waals surface area (Å²) in [6.07, 6.45) is 2.97. The number of esters is 1. The van der Waals surface area contributed by atoms with Crippen LogP contribution in [0.4, 0.5) is 11.4 Å². The normalized spacial score (nSPS) is 17.8. The van der Waals surface area contributed by atoms with Gasteiger partial charge in [-0.2, -0.15) is 0 Å². The first kappa shape index (κ1) is 22.8. The quantitative estimate of drug-likeness (QED) is 0.537. The van der Waals surface area contributed by atoms with E-state index >= 15 is 0 Å². The maximum Gasteiger partial charge on any atom is 0.337 e. The van der Waals surface area contributed by atoms with E-state index in [4.69, 9.17) is 0 Å². The molecular formula is C24H25N3O5S. The molecule has 3 amide bonds. The van der Waals surface area contributed by atoms with Gasteiger partial charge in [-0.05, 0) is 55.7 Å². The van der Waals surface area contributed by atoms with Gasteiger partial charge in [0.1, 0.15) is 6.54 Å². The molecule has 0 aromatic heterocycles. The van der Waals surface area contributed by atoms with Crippen LogP contribution in [0.25, 0.3) is 0 Å². The number of anilines is 2. The van der Waals surface area contributed by atoms with Gasteiger partial charge in [-0.1, -0.05) is 12.1 Å². The van der Waals surface area contributed by atoms with Crippen molar-refractivity contribution in [1.29, 1.82) is 0 Å². The summed E-state index contributed by atoms with van der Waals surface area (Å²) in [5, 5.41) is 1.85. The summed E-state index contributed by atoms with van der Waals surface area (Å²) >= 11 is 1.25. The number of thioether (sulfide) groups is 1. The maximum absolute atomic E-state index is 13.3. The smallest absolute Gasteiger partial charge is 0.337 e. The number of likely N-dealkylation sites (tertiary alicyclic amines) is 1. The van der Waals surface area contributed by atoms with Crippen molar-refractivity contribution in [2.45, 2.75) is 29.4 Å². The highest BCUT2D eigenvalue weighted by Gasteiger charge is 2.40. The standard InChI is InChI=1S/C24H25N3O5S/c1-32-24(31)16-9-11-17(12-10-16)25-20(28)15-27-18-7-3-4-8-19(18)33-21(23(27)30)22(29)26-13-5-2-6-14-26/h3-4,7-12,21H,2,5-6,13-15H2,1H3,(H,25,28)/t21-/m1/s1. The molecule has 1 N–H and O–H groups in total. The summed E-state index contributed by atoms with van der Waals surface area (Å²) in [4.78, 5) is 54.8. The molecule has 9 heteroatoms. The Kier molecular flexibility index (Phi) is 6.98. The SMILES string of the molecule is COC(=O)c1ccc(NC(=O)CN2C(=O)[C@@H](C(=O)N3CCCCC3)Sc3ccccc32)cc1. The highest BCUT2D eigenvalue weighted by atomic mass is 32.2. The van der Waals surface area contributed by atoms with Crippen LogP contribution >= 0.6 is 11.8 Å². The average molecular weight is 468 g/mol. The minimum Gasteiger partial charge on any atom is -0.465 e. The third-order valence-corrected chi connectivity index (χ3v) is 6.91. The van der Waals surface area contributed by atoms with E-state index in [1.807, 2.05) is 12.1 Å². The number of para-hydroxylation sites is 1. The first-order valence-corrected chi connectivity index (χ1v) is 11.7. The zero-order valence-corrected chi connectivity index (χ0v) is 19.1. The zero-order valence-electron chi connectivity index (χ0n) is 18.3. The lowest BCUT2D eigenvalue weighted by atomic mass is 10.1. The number of nitrogens with zero attached hydrogens (tertiary/aromatic N) is 2. The van der Waals surface area contributed by atoms with Crippen LogP contribution in [0.3, 0.4) is 0 Å². The lowest BCUT2D eigenvalue weighted by Crippen LogP contribution is -2.52. The molecule has 0 bridgehead atoms. The van der Waals surface area contributed by atoms with Crippen molar-refractivity contribution in [1.82, 2.24) is 4.90 Å². The van der Waals surface area contributed by atoms with Crippen LogP contribution in [0.5, 0.6) is 0 Å². The maximum atomic E-state index is 13.3. The molecule has 8 nitrogen and oxygen atoms in total. The summed E-state index contributed by atoms with van der Waals surface area (Å²) in [6.45, 7) is 1.10. The van der Waals surface area contributed by atoms with Crippen LogP contribution in [-0.4, -0.2) is 60.6 Å². The number of carbonyl (C=O) groups is 4. The topological polar surface area (TPSA) is 96.0 Å². The number of amides is 3. The van der Waals surface area contributed by atoms with Gasteiger partial charge in [-0.3, -0.25) is 14.4 Å². The highest BCUT2D eigenvalue weighted by molar-refractivity contribution is 8.01. The molecule has 0 saturated carbocycles. The van der Waals surface area contributed by atoms with Crippen LogP contribution in [0, 0.1) is 0 Å². The van der Waals surface area contributed by atoms with E-state index in [0.29, 0.717) is 30.0 Å². The van der Waals surface area contributed by atoms with Gasteiger partial charge in [-0.25, -0.2) is 4.79 Å². The largest absolute Gasteiger partial charge is 0.465 e. The molecule has 1 saturated heterocycles. The molecule has 2 aromatic rings. The van der Waals surface area contributed by atoms with Gasteiger partial charge in [0.15, 0.2) is 5.25 Å². The van der Waals surface area contributed by atoms with Crippen LogP contribution in [0.1, 0.15) is 29.6 Å². The summed E-state index contributed by atoms with van der Waals surface area (Å²) in [5.74, 6) is -1.45. The molecule has 172 valence electrons. The van der Waals surface area contributed by atoms with Crippen LogP contribution in [0.15, 0.2) is 53.4 Å². The third kappa shape index (κ3) is 5.03. The molecule has 0 spiro atoms. The molecule has 2 aliphatic rings. The first-order valence-electron chi connectivity index (χ1n) is 10.8. The number of hydrogen-bond donors (Lipinski definition) is 1. The van der Waals surface area contributed by atoms with E-state index in [0.717, 1.165) is 24.2 Å². The van der Waals surface area contributed by atoms with Crippen molar-refractivity contribution in [3.63, 3.8) is 0 Å². The minimum absolute atomic E-state index is 0.192. The molecule has 2 heterocycles. The summed E-state index contributed by atoms with van der Waals surface area (Å²) in [6, 6.07) is 13.6. The van der Waals surface area contributed by atoms with Crippen molar-refractivity contribution < 1.29 is 23.9 Å². The van der Waals surface area contributed by atoms with E-state index in [1.54, 1.807) is 41.3 Å². The fraction of sp³-hybridized carbons (Fsp3) is 0.333. The van der Waals surface area contributed by atoms with Gasteiger partial charge >= 0.3 is 5.97 Å². The Balaban J connectivity index is 1.50. The Morgan fingerprint density at radius 1 is 1.03 bits per heavy atom. The molecule has 1 atom stereocenters. The summed E-state index contributed by atoms with van der Waals surface area (Å²) in [5.41, 5.74) is 1.47. The summed E-state index contributed by atoms with van der Waals surface area (Å²) < 4.78 is 4.67. The fourth-order valence-corrected chi connectivity index (χ4v) is 5.16. The molecule has 4 rings (SSSR count). The van der Waals surface area contributed by atoms with Crippen LogP contribution < -0.4 is 10.2 Å². The van der Waals surface area contributed by atoms with Gasteiger partial charge in [0.25, 0.3) is 5.91 Å². The van der Waals surface area contributed by atoms with Crippen molar-refractivity contribution in [2.24, 2.45) is 0 Å². The van der Waals surface area contributed by atoms with E-state index in [9.17, 15) is 19.2 Å². The fourth-order valence-electron chi connectivity index (χ4n) is 3.97. The van der Waals surface area contributed by atoms with Gasteiger partial charge in [-0.15, -0.1) is 11.8 Å². The molecule has 0 radical (unpaired) electrons. The van der Waals surface area contributed by atoms with E-state index < -0.39 is 17.1 Å². The van der Waals surface area contributed by atoms with Crippen molar-refractivity contribution in [3.8, 4) is 0 Å². The number of carbonyl (C=O) groups excluding carboxylic acids is 4. The number of methoxy groups -OCH3 is 1. The Morgan fingerprint density at radius 3 is 2.42 bits per heavy atom. The predicted molar refractivity (Wildman–Crippen MR) is 125 cm³/mol. The van der Waals surface area contributed by atoms with Gasteiger partial charge < -0.3 is 19.9 Å². The molecule has 1 fully saturated rings. The lowest BCUT2D eigenvalue weighted by Gasteiger charge is -2.36. The molecule has 2 aliphatic heterocycles. The van der Waals surface area contributed by atoms with Crippen LogP contribution in [-0.2, 0) is 19.1 Å². The summed E-state index contributed by atoms with van der Waals surface area (Å²) in [7, 11) is 1.30. The number of benzene rings is 2. The van der Waals surface area contributed by atoms with Crippen molar-refractivity contribution >= 4 is 46.8 Å². The number of nitrogens with one attached hydrogen (secondary N) is 1. The number of hydrogen-bond acceptors (Lipinski definition) is 6. The Bertz CT molecular complexity index is 1070. The minimum atomic E-state index is -0.898. The number of ether oxygens (including phenoxy) is 1. The highest BCUT2D eigenvalue weighted by Crippen LogP contribution is 2.40.